The Hall–Kier alpha value is -3.00. The quantitative estimate of drug-likeness (QED) is 0.469. The molecule has 1 fully saturated rings. The molecule has 2 aromatic heterocycles. The van der Waals surface area contributed by atoms with Gasteiger partial charge in [0.15, 0.2) is 0 Å². The van der Waals surface area contributed by atoms with Gasteiger partial charge in [0, 0.05) is 31.2 Å². The van der Waals surface area contributed by atoms with Gasteiger partial charge in [-0.05, 0) is 45.6 Å². The number of nitrogens with one attached hydrogen (secondary N) is 1. The van der Waals surface area contributed by atoms with E-state index in [1.165, 1.54) is 4.90 Å². The summed E-state index contributed by atoms with van der Waals surface area (Å²) in [6.07, 6.45) is 3.21. The molecule has 2 N–H and O–H groups in total. The summed E-state index contributed by atoms with van der Waals surface area (Å²) in [6, 6.07) is 2.84. The Balaban J connectivity index is 2.17. The van der Waals surface area contributed by atoms with Crippen LogP contribution in [0.25, 0.3) is 5.76 Å². The van der Waals surface area contributed by atoms with Crippen molar-refractivity contribution in [3.05, 3.63) is 52.6 Å². The predicted octanol–water partition coefficient (Wildman–Crippen LogP) is 1.40. The minimum atomic E-state index is -0.687. The summed E-state index contributed by atoms with van der Waals surface area (Å²) < 4.78 is 0. The minimum absolute atomic E-state index is 0.0811. The van der Waals surface area contributed by atoms with Crippen LogP contribution in [0.15, 0.2) is 30.1 Å². The number of likely N-dealkylation sites (tertiary alicyclic amines) is 1. The van der Waals surface area contributed by atoms with E-state index >= 15 is 0 Å². The Labute approximate surface area is 157 Å². The second-order valence-electron chi connectivity index (χ2n) is 6.89. The summed E-state index contributed by atoms with van der Waals surface area (Å²) in [5, 5.41) is 17.9. The van der Waals surface area contributed by atoms with E-state index in [9.17, 15) is 14.7 Å². The largest absolute Gasteiger partial charge is 0.507 e. The van der Waals surface area contributed by atoms with Gasteiger partial charge in [0.25, 0.3) is 11.7 Å². The Morgan fingerprint density at radius 3 is 2.48 bits per heavy atom. The number of aryl methyl sites for hydroxylation is 2. The van der Waals surface area contributed by atoms with Gasteiger partial charge in [-0.15, -0.1) is 0 Å². The summed E-state index contributed by atoms with van der Waals surface area (Å²) in [6.45, 7) is 4.46. The fraction of sp³-hybridized carbons (Fsp3) is 0.368. The van der Waals surface area contributed by atoms with E-state index in [1.807, 2.05) is 19.0 Å². The lowest BCUT2D eigenvalue weighted by atomic mass is 9.95. The van der Waals surface area contributed by atoms with Crippen molar-refractivity contribution in [3.8, 4) is 0 Å². The lowest BCUT2D eigenvalue weighted by Crippen LogP contribution is -2.35. The summed E-state index contributed by atoms with van der Waals surface area (Å²) in [4.78, 5) is 33.0. The molecule has 142 valence electrons. The van der Waals surface area contributed by atoms with Gasteiger partial charge in [-0.2, -0.15) is 5.10 Å². The standard InChI is InChI=1S/C19H23N5O3/c1-11-14(12(2)22-21-11)17(25)15-16(13-5-7-20-8-6-13)24(10-9-23(3)4)19(27)18(15)26/h5-8,16,25H,9-10H2,1-4H3,(H,21,22)/b17-15+. The summed E-state index contributed by atoms with van der Waals surface area (Å²) in [5.74, 6) is -1.50. The first-order valence-electron chi connectivity index (χ1n) is 8.68. The van der Waals surface area contributed by atoms with Crippen LogP contribution in [0.4, 0.5) is 0 Å². The number of aromatic amines is 1. The van der Waals surface area contributed by atoms with Crippen LogP contribution in [0, 0.1) is 13.8 Å². The number of aliphatic hydroxyl groups is 1. The lowest BCUT2D eigenvalue weighted by molar-refractivity contribution is -0.140. The molecule has 0 spiro atoms. The van der Waals surface area contributed by atoms with Crippen molar-refractivity contribution in [2.24, 2.45) is 0 Å². The molecule has 0 radical (unpaired) electrons. The van der Waals surface area contributed by atoms with Crippen LogP contribution in [0.1, 0.15) is 28.6 Å². The van der Waals surface area contributed by atoms with E-state index in [2.05, 4.69) is 15.2 Å². The molecule has 1 amide bonds. The molecule has 8 heteroatoms. The third-order valence-electron chi connectivity index (χ3n) is 4.71. The van der Waals surface area contributed by atoms with Gasteiger partial charge in [0.05, 0.1) is 22.9 Å². The molecule has 0 saturated carbocycles. The highest BCUT2D eigenvalue weighted by atomic mass is 16.3. The number of ketones is 1. The van der Waals surface area contributed by atoms with Crippen molar-refractivity contribution >= 4 is 17.4 Å². The number of pyridine rings is 1. The second kappa shape index (κ2) is 7.32. The highest BCUT2D eigenvalue weighted by Crippen LogP contribution is 2.39. The molecule has 3 heterocycles. The highest BCUT2D eigenvalue weighted by molar-refractivity contribution is 6.46. The molecule has 8 nitrogen and oxygen atoms in total. The van der Waals surface area contributed by atoms with E-state index in [-0.39, 0.29) is 11.3 Å². The van der Waals surface area contributed by atoms with Crippen LogP contribution >= 0.6 is 0 Å². The molecule has 0 aromatic carbocycles. The number of rotatable bonds is 5. The molecule has 1 atom stereocenters. The van der Waals surface area contributed by atoms with Crippen molar-refractivity contribution < 1.29 is 14.7 Å². The maximum Gasteiger partial charge on any atom is 0.295 e. The molecular formula is C19H23N5O3. The smallest absolute Gasteiger partial charge is 0.295 e. The Morgan fingerprint density at radius 1 is 1.26 bits per heavy atom. The number of H-pyrrole nitrogens is 1. The van der Waals surface area contributed by atoms with Crippen LogP contribution in [-0.4, -0.2) is 69.0 Å². The molecule has 2 aromatic rings. The zero-order valence-electron chi connectivity index (χ0n) is 15.9. The molecule has 1 aliphatic heterocycles. The van der Waals surface area contributed by atoms with Crippen molar-refractivity contribution in [3.63, 3.8) is 0 Å². The molecule has 1 aliphatic rings. The predicted molar refractivity (Wildman–Crippen MR) is 99.9 cm³/mol. The van der Waals surface area contributed by atoms with Gasteiger partial charge < -0.3 is 14.9 Å². The molecule has 27 heavy (non-hydrogen) atoms. The molecule has 1 unspecified atom stereocenters. The molecule has 3 rings (SSSR count). The first kappa shape index (κ1) is 18.8. The lowest BCUT2D eigenvalue weighted by Gasteiger charge is -2.26. The van der Waals surface area contributed by atoms with Crippen molar-refractivity contribution in [1.29, 1.82) is 0 Å². The van der Waals surface area contributed by atoms with Gasteiger partial charge in [0.1, 0.15) is 5.76 Å². The van der Waals surface area contributed by atoms with Crippen LogP contribution in [0.2, 0.25) is 0 Å². The highest BCUT2D eigenvalue weighted by Gasteiger charge is 2.46. The van der Waals surface area contributed by atoms with Crippen LogP contribution in [-0.2, 0) is 9.59 Å². The number of aliphatic hydroxyl groups excluding tert-OH is 1. The van der Waals surface area contributed by atoms with Crippen LogP contribution in [0.3, 0.4) is 0 Å². The molecule has 0 bridgehead atoms. The van der Waals surface area contributed by atoms with E-state index in [0.717, 1.165) is 5.56 Å². The molecule has 1 saturated heterocycles. The fourth-order valence-electron chi connectivity index (χ4n) is 3.35. The number of Topliss-reactive ketones (excluding diaryl/α,β-unsaturated/α-hetero) is 1. The summed E-state index contributed by atoms with van der Waals surface area (Å²) in [5.41, 5.74) is 2.47. The van der Waals surface area contributed by atoms with E-state index in [4.69, 9.17) is 0 Å². The molecular weight excluding hydrogens is 346 g/mol. The number of hydrogen-bond donors (Lipinski definition) is 2. The monoisotopic (exact) mass is 369 g/mol. The Bertz CT molecular complexity index is 882. The first-order valence-corrected chi connectivity index (χ1v) is 8.68. The van der Waals surface area contributed by atoms with Gasteiger partial charge in [-0.3, -0.25) is 19.7 Å². The van der Waals surface area contributed by atoms with Crippen molar-refractivity contribution in [2.45, 2.75) is 19.9 Å². The second-order valence-corrected chi connectivity index (χ2v) is 6.89. The van der Waals surface area contributed by atoms with Crippen LogP contribution < -0.4 is 0 Å². The third-order valence-corrected chi connectivity index (χ3v) is 4.71. The molecule has 0 aliphatic carbocycles. The zero-order chi connectivity index (χ0) is 19.7. The third kappa shape index (κ3) is 3.35. The number of nitrogens with zero attached hydrogens (tertiary/aromatic N) is 4. The fourth-order valence-corrected chi connectivity index (χ4v) is 3.35. The van der Waals surface area contributed by atoms with Crippen molar-refractivity contribution in [1.82, 2.24) is 25.0 Å². The van der Waals surface area contributed by atoms with Crippen molar-refractivity contribution in [2.75, 3.05) is 27.2 Å². The maximum absolute atomic E-state index is 12.8. The Morgan fingerprint density at radius 2 is 1.93 bits per heavy atom. The zero-order valence-corrected chi connectivity index (χ0v) is 15.9. The van der Waals surface area contributed by atoms with Gasteiger partial charge in [0.2, 0.25) is 0 Å². The Kier molecular flexibility index (Phi) is 5.09. The van der Waals surface area contributed by atoms with E-state index in [0.29, 0.717) is 30.0 Å². The van der Waals surface area contributed by atoms with Gasteiger partial charge in [-0.1, -0.05) is 0 Å². The first-order chi connectivity index (χ1) is 12.8. The number of likely N-dealkylation sites (N-methyl/N-ethyl adjacent to an activating group) is 1. The van der Waals surface area contributed by atoms with Gasteiger partial charge >= 0.3 is 0 Å². The normalized spacial score (nSPS) is 19.3. The maximum atomic E-state index is 12.8. The van der Waals surface area contributed by atoms with E-state index < -0.39 is 17.7 Å². The van der Waals surface area contributed by atoms with Gasteiger partial charge in [-0.25, -0.2) is 0 Å². The number of amides is 1. The van der Waals surface area contributed by atoms with E-state index in [1.54, 1.807) is 38.4 Å². The van der Waals surface area contributed by atoms with Crippen LogP contribution in [0.5, 0.6) is 0 Å². The minimum Gasteiger partial charge on any atom is -0.507 e. The summed E-state index contributed by atoms with van der Waals surface area (Å²) >= 11 is 0. The number of hydrogen-bond acceptors (Lipinski definition) is 6. The average Bonchev–Trinajstić information content (AvgIpc) is 3.10. The summed E-state index contributed by atoms with van der Waals surface area (Å²) in [7, 11) is 3.80. The number of aromatic nitrogens is 3. The topological polar surface area (TPSA) is 102 Å². The number of carbonyl (C=O) groups is 2. The SMILES string of the molecule is Cc1n[nH]c(C)c1/C(O)=C1\C(=O)C(=O)N(CCN(C)C)C1c1ccncc1. The average molecular weight is 369 g/mol. The number of carbonyl (C=O) groups excluding carboxylic acids is 2.